The van der Waals surface area contributed by atoms with Gasteiger partial charge >= 0.3 is 0 Å². The van der Waals surface area contributed by atoms with Gasteiger partial charge in [0.05, 0.1) is 23.9 Å². The third-order valence-electron chi connectivity index (χ3n) is 6.05. The highest BCUT2D eigenvalue weighted by Gasteiger charge is 2.44. The Bertz CT molecular complexity index is 1450. The summed E-state index contributed by atoms with van der Waals surface area (Å²) >= 11 is 0. The van der Waals surface area contributed by atoms with Gasteiger partial charge in [0, 0.05) is 5.56 Å². The predicted molar refractivity (Wildman–Crippen MR) is 121 cm³/mol. The zero-order valence-electron chi connectivity index (χ0n) is 17.4. The lowest BCUT2D eigenvalue weighted by molar-refractivity contribution is -0.0389. The number of hydrogen-bond acceptors (Lipinski definition) is 8. The van der Waals surface area contributed by atoms with E-state index in [0.717, 1.165) is 22.4 Å². The van der Waals surface area contributed by atoms with Crippen molar-refractivity contribution in [1.29, 1.82) is 0 Å². The van der Waals surface area contributed by atoms with Gasteiger partial charge in [0.2, 0.25) is 0 Å². The van der Waals surface area contributed by atoms with Gasteiger partial charge in [0.15, 0.2) is 17.7 Å². The van der Waals surface area contributed by atoms with Crippen molar-refractivity contribution < 1.29 is 14.9 Å². The van der Waals surface area contributed by atoms with Crippen LogP contribution in [-0.4, -0.2) is 57.6 Å². The summed E-state index contributed by atoms with van der Waals surface area (Å²) in [6.45, 7) is 0.295. The molecule has 0 aliphatic carbocycles. The summed E-state index contributed by atoms with van der Waals surface area (Å²) in [6.07, 6.45) is -1.06. The Labute approximate surface area is 187 Å². The van der Waals surface area contributed by atoms with Crippen LogP contribution in [0.5, 0.6) is 0 Å². The lowest BCUT2D eigenvalue weighted by atomic mass is 10.1. The molecule has 4 atom stereocenters. The number of nitrogens with two attached hydrogens (primary N) is 1. The van der Waals surface area contributed by atoms with E-state index in [1.807, 2.05) is 59.2 Å². The van der Waals surface area contributed by atoms with Crippen molar-refractivity contribution in [3.63, 3.8) is 0 Å². The molecule has 10 heteroatoms. The summed E-state index contributed by atoms with van der Waals surface area (Å²) in [5.74, 6) is 1.000. The molecule has 3 aromatic heterocycles. The number of imidazole rings is 2. The van der Waals surface area contributed by atoms with Gasteiger partial charge in [-0.2, -0.15) is 0 Å². The van der Waals surface area contributed by atoms with Crippen molar-refractivity contribution in [2.75, 3.05) is 5.73 Å². The second kappa shape index (κ2) is 7.62. The second-order valence-electron chi connectivity index (χ2n) is 8.03. The first-order valence-electron chi connectivity index (χ1n) is 10.6. The molecule has 10 nitrogen and oxygen atoms in total. The number of aliphatic hydroxyl groups excluding tert-OH is 2. The molecule has 33 heavy (non-hydrogen) atoms. The van der Waals surface area contributed by atoms with E-state index < -0.39 is 24.5 Å². The van der Waals surface area contributed by atoms with Crippen LogP contribution in [0.4, 0.5) is 5.82 Å². The van der Waals surface area contributed by atoms with Crippen LogP contribution in [0.25, 0.3) is 33.6 Å². The molecule has 0 saturated carbocycles. The highest BCUT2D eigenvalue weighted by molar-refractivity contribution is 5.81. The first-order valence-corrected chi connectivity index (χ1v) is 10.6. The van der Waals surface area contributed by atoms with E-state index in [-0.39, 0.29) is 5.82 Å². The van der Waals surface area contributed by atoms with E-state index in [4.69, 9.17) is 15.5 Å². The molecule has 1 aliphatic rings. The van der Waals surface area contributed by atoms with Gasteiger partial charge in [0.1, 0.15) is 36.0 Å². The number of anilines is 1. The van der Waals surface area contributed by atoms with Crippen molar-refractivity contribution in [2.24, 2.45) is 0 Å². The van der Waals surface area contributed by atoms with E-state index in [1.54, 1.807) is 4.57 Å². The fourth-order valence-electron chi connectivity index (χ4n) is 4.41. The molecule has 1 aliphatic heterocycles. The van der Waals surface area contributed by atoms with Gasteiger partial charge in [-0.3, -0.25) is 4.57 Å². The third kappa shape index (κ3) is 3.15. The SMILES string of the molecule is Nc1ncnc2c1ncn2[C@@H]1O[C@H](Cn2c(-c3ccccc3)nc3ccccc32)[C@@H](O)[C@H]1O. The van der Waals surface area contributed by atoms with E-state index in [9.17, 15) is 10.2 Å². The molecule has 1 fully saturated rings. The van der Waals surface area contributed by atoms with Crippen LogP contribution in [0.3, 0.4) is 0 Å². The van der Waals surface area contributed by atoms with Crippen molar-refractivity contribution in [1.82, 2.24) is 29.1 Å². The zero-order valence-corrected chi connectivity index (χ0v) is 17.4. The summed E-state index contributed by atoms with van der Waals surface area (Å²) in [6, 6.07) is 17.7. The normalized spacial score (nSPS) is 23.0. The Hall–Kier alpha value is -3.86. The molecule has 4 N–H and O–H groups in total. The maximum atomic E-state index is 10.9. The first kappa shape index (κ1) is 19.8. The Morgan fingerprint density at radius 2 is 1.73 bits per heavy atom. The number of fused-ring (bicyclic) bond motifs is 2. The van der Waals surface area contributed by atoms with Crippen molar-refractivity contribution >= 4 is 28.0 Å². The number of ether oxygens (including phenoxy) is 1. The van der Waals surface area contributed by atoms with Crippen LogP contribution in [0.2, 0.25) is 0 Å². The maximum Gasteiger partial charge on any atom is 0.167 e. The number of nitrogen functional groups attached to an aromatic ring is 1. The minimum atomic E-state index is -1.18. The molecule has 6 rings (SSSR count). The molecule has 0 radical (unpaired) electrons. The van der Waals surface area contributed by atoms with Crippen LogP contribution >= 0.6 is 0 Å². The summed E-state index contributed by atoms with van der Waals surface area (Å²) in [4.78, 5) is 17.2. The number of aromatic nitrogens is 6. The van der Waals surface area contributed by atoms with Gasteiger partial charge in [0.25, 0.3) is 0 Å². The number of hydrogen-bond donors (Lipinski definition) is 3. The van der Waals surface area contributed by atoms with E-state index in [2.05, 4.69) is 15.0 Å². The predicted octanol–water partition coefficient (Wildman–Crippen LogP) is 1.74. The molecule has 0 amide bonds. The lowest BCUT2D eigenvalue weighted by Gasteiger charge is -2.18. The Balaban J connectivity index is 1.38. The molecule has 2 aromatic carbocycles. The van der Waals surface area contributed by atoms with Crippen LogP contribution in [0.15, 0.2) is 67.3 Å². The van der Waals surface area contributed by atoms with Gasteiger partial charge in [-0.1, -0.05) is 42.5 Å². The van der Waals surface area contributed by atoms with Gasteiger partial charge in [-0.25, -0.2) is 19.9 Å². The van der Waals surface area contributed by atoms with E-state index in [1.165, 1.54) is 12.7 Å². The van der Waals surface area contributed by atoms with E-state index in [0.29, 0.717) is 17.7 Å². The molecule has 0 bridgehead atoms. The number of rotatable bonds is 4. The quantitative estimate of drug-likeness (QED) is 0.382. The largest absolute Gasteiger partial charge is 0.387 e. The van der Waals surface area contributed by atoms with Crippen LogP contribution in [0, 0.1) is 0 Å². The number of nitrogens with zero attached hydrogens (tertiary/aromatic N) is 6. The number of para-hydroxylation sites is 2. The van der Waals surface area contributed by atoms with Crippen molar-refractivity contribution in [3.05, 3.63) is 67.3 Å². The number of aliphatic hydroxyl groups is 2. The molecule has 0 unspecified atom stereocenters. The minimum absolute atomic E-state index is 0.237. The van der Waals surface area contributed by atoms with Crippen LogP contribution < -0.4 is 5.73 Å². The summed E-state index contributed by atoms with van der Waals surface area (Å²) in [7, 11) is 0. The van der Waals surface area contributed by atoms with E-state index >= 15 is 0 Å². The van der Waals surface area contributed by atoms with Crippen LogP contribution in [0.1, 0.15) is 6.23 Å². The van der Waals surface area contributed by atoms with Crippen LogP contribution in [-0.2, 0) is 11.3 Å². The van der Waals surface area contributed by atoms with Gasteiger partial charge < -0.3 is 25.3 Å². The Morgan fingerprint density at radius 1 is 0.939 bits per heavy atom. The molecule has 0 spiro atoms. The Morgan fingerprint density at radius 3 is 2.58 bits per heavy atom. The molecular weight excluding hydrogens is 422 g/mol. The van der Waals surface area contributed by atoms with Crippen molar-refractivity contribution in [2.45, 2.75) is 31.1 Å². The highest BCUT2D eigenvalue weighted by Crippen LogP contribution is 2.34. The lowest BCUT2D eigenvalue weighted by Crippen LogP contribution is -2.33. The highest BCUT2D eigenvalue weighted by atomic mass is 16.6. The standard InChI is InChI=1S/C23H21N7O3/c24-20-17-22(26-11-25-20)30(12-27-17)23-19(32)18(31)16(33-23)10-29-15-9-5-4-8-14(15)28-21(29)13-6-2-1-3-7-13/h1-9,11-12,16,18-19,23,31-32H,10H2,(H2,24,25,26)/t16-,18-,19-,23-/m1/s1. The van der Waals surface area contributed by atoms with Gasteiger partial charge in [-0.15, -0.1) is 0 Å². The number of benzene rings is 2. The summed E-state index contributed by atoms with van der Waals surface area (Å²) in [5.41, 5.74) is 9.43. The average Bonchev–Trinajstić information content (AvgIpc) is 3.51. The summed E-state index contributed by atoms with van der Waals surface area (Å²) in [5, 5.41) is 21.7. The minimum Gasteiger partial charge on any atom is -0.387 e. The first-order chi connectivity index (χ1) is 16.1. The summed E-state index contributed by atoms with van der Waals surface area (Å²) < 4.78 is 9.75. The third-order valence-corrected chi connectivity index (χ3v) is 6.05. The zero-order chi connectivity index (χ0) is 22.5. The molecule has 5 aromatic rings. The molecule has 1 saturated heterocycles. The smallest absolute Gasteiger partial charge is 0.167 e. The fourth-order valence-corrected chi connectivity index (χ4v) is 4.41. The second-order valence-corrected chi connectivity index (χ2v) is 8.03. The van der Waals surface area contributed by atoms with Gasteiger partial charge in [-0.05, 0) is 12.1 Å². The monoisotopic (exact) mass is 443 g/mol. The molecule has 4 heterocycles. The topological polar surface area (TPSA) is 137 Å². The maximum absolute atomic E-state index is 10.9. The average molecular weight is 443 g/mol. The molecular formula is C23H21N7O3. The molecule has 166 valence electrons. The Kier molecular flexibility index (Phi) is 4.57. The fraction of sp³-hybridized carbons (Fsp3) is 0.217. The van der Waals surface area contributed by atoms with Crippen molar-refractivity contribution in [3.8, 4) is 11.4 Å².